The Bertz CT molecular complexity index is 484. The van der Waals surface area contributed by atoms with Crippen LogP contribution in [0.4, 0.5) is 5.69 Å². The maximum Gasteiger partial charge on any atom is 0.311 e. The maximum atomic E-state index is 11.2. The number of hydrogen-bond donors (Lipinski definition) is 1. The molecule has 1 aliphatic rings. The molecule has 1 aliphatic carbocycles. The van der Waals surface area contributed by atoms with Gasteiger partial charge < -0.3 is 10.1 Å². The topological polar surface area (TPSA) is 64.4 Å². The van der Waals surface area contributed by atoms with E-state index in [1.54, 1.807) is 12.1 Å². The van der Waals surface area contributed by atoms with Gasteiger partial charge in [-0.05, 0) is 36.4 Å². The van der Waals surface area contributed by atoms with Crippen LogP contribution < -0.4 is 10.1 Å². The molecule has 5 heteroatoms. The highest BCUT2D eigenvalue weighted by atomic mass is 16.6. The Kier molecular flexibility index (Phi) is 5.56. The van der Waals surface area contributed by atoms with E-state index in [0.29, 0.717) is 24.8 Å². The summed E-state index contributed by atoms with van der Waals surface area (Å²) in [6.45, 7) is 6.36. The predicted molar refractivity (Wildman–Crippen MR) is 82.5 cm³/mol. The van der Waals surface area contributed by atoms with Gasteiger partial charge in [-0.2, -0.15) is 0 Å². The monoisotopic (exact) mass is 292 g/mol. The highest BCUT2D eigenvalue weighted by Crippen LogP contribution is 2.33. The van der Waals surface area contributed by atoms with Crippen molar-refractivity contribution in [3.05, 3.63) is 33.9 Å². The fourth-order valence-electron chi connectivity index (χ4n) is 2.18. The first kappa shape index (κ1) is 15.8. The van der Waals surface area contributed by atoms with Crippen LogP contribution in [0, 0.1) is 22.0 Å². The van der Waals surface area contributed by atoms with E-state index in [4.69, 9.17) is 4.74 Å². The summed E-state index contributed by atoms with van der Waals surface area (Å²) in [4.78, 5) is 10.8. The van der Waals surface area contributed by atoms with Gasteiger partial charge in [0.25, 0.3) is 0 Å². The Balaban J connectivity index is 1.94. The molecule has 0 aliphatic heterocycles. The lowest BCUT2D eigenvalue weighted by Gasteiger charge is -2.10. The minimum absolute atomic E-state index is 0.0645. The first-order valence-corrected chi connectivity index (χ1v) is 7.67. The van der Waals surface area contributed by atoms with Crippen LogP contribution in [0.1, 0.15) is 38.7 Å². The lowest BCUT2D eigenvalue weighted by Crippen LogP contribution is -2.19. The third-order valence-corrected chi connectivity index (χ3v) is 3.58. The molecule has 1 aromatic carbocycles. The van der Waals surface area contributed by atoms with Gasteiger partial charge in [0.05, 0.1) is 11.5 Å². The van der Waals surface area contributed by atoms with Gasteiger partial charge in [-0.3, -0.25) is 10.1 Å². The van der Waals surface area contributed by atoms with Crippen LogP contribution in [0.15, 0.2) is 18.2 Å². The predicted octanol–water partition coefficient (Wildman–Crippen LogP) is 3.52. The first-order valence-electron chi connectivity index (χ1n) is 7.67. The Morgan fingerprint density at radius 2 is 2.19 bits per heavy atom. The number of nitrogens with zero attached hydrogens (tertiary/aromatic N) is 1. The number of rotatable bonds is 9. The second-order valence-electron chi connectivity index (χ2n) is 6.16. The number of ether oxygens (including phenoxy) is 1. The van der Waals surface area contributed by atoms with E-state index in [0.717, 1.165) is 24.4 Å². The standard InChI is InChI=1S/C16H24N2O3/c1-12(2)10-17-11-14-5-6-16(15(9-14)18(19)20)21-8-7-13-3-4-13/h5-6,9,12-13,17H,3-4,7-8,10-11H2,1-2H3. The molecular weight excluding hydrogens is 268 g/mol. The smallest absolute Gasteiger partial charge is 0.311 e. The summed E-state index contributed by atoms with van der Waals surface area (Å²) < 4.78 is 5.58. The third-order valence-electron chi connectivity index (χ3n) is 3.58. The minimum atomic E-state index is -0.363. The Morgan fingerprint density at radius 1 is 1.43 bits per heavy atom. The average Bonchev–Trinajstić information content (AvgIpc) is 3.23. The number of benzene rings is 1. The van der Waals surface area contributed by atoms with Gasteiger partial charge in [0, 0.05) is 12.6 Å². The third kappa shape index (κ3) is 5.34. The summed E-state index contributed by atoms with van der Waals surface area (Å²) in [5.74, 6) is 1.71. The van der Waals surface area contributed by atoms with Crippen molar-refractivity contribution < 1.29 is 9.66 Å². The zero-order chi connectivity index (χ0) is 15.2. The number of nitro groups is 1. The average molecular weight is 292 g/mol. The molecule has 116 valence electrons. The summed E-state index contributed by atoms with van der Waals surface area (Å²) in [7, 11) is 0. The van der Waals surface area contributed by atoms with Gasteiger partial charge in [-0.15, -0.1) is 0 Å². The van der Waals surface area contributed by atoms with E-state index in [9.17, 15) is 10.1 Å². The Hall–Kier alpha value is -1.62. The summed E-state index contributed by atoms with van der Waals surface area (Å²) in [6, 6.07) is 5.23. The number of nitrogens with one attached hydrogen (secondary N) is 1. The summed E-state index contributed by atoms with van der Waals surface area (Å²) in [6.07, 6.45) is 3.53. The van der Waals surface area contributed by atoms with E-state index < -0.39 is 0 Å². The summed E-state index contributed by atoms with van der Waals surface area (Å²) in [5.41, 5.74) is 0.978. The van der Waals surface area contributed by atoms with Crippen LogP contribution in [-0.4, -0.2) is 18.1 Å². The lowest BCUT2D eigenvalue weighted by molar-refractivity contribution is -0.385. The van der Waals surface area contributed by atoms with Crippen molar-refractivity contribution in [1.29, 1.82) is 0 Å². The second kappa shape index (κ2) is 7.41. The molecule has 0 bridgehead atoms. The van der Waals surface area contributed by atoms with Crippen molar-refractivity contribution in [2.75, 3.05) is 13.2 Å². The molecule has 5 nitrogen and oxygen atoms in total. The van der Waals surface area contributed by atoms with Crippen LogP contribution >= 0.6 is 0 Å². The van der Waals surface area contributed by atoms with E-state index in [2.05, 4.69) is 19.2 Å². The fourth-order valence-corrected chi connectivity index (χ4v) is 2.18. The quantitative estimate of drug-likeness (QED) is 0.558. The molecule has 0 atom stereocenters. The van der Waals surface area contributed by atoms with Crippen LogP contribution in [0.3, 0.4) is 0 Å². The molecule has 1 saturated carbocycles. The normalized spacial score (nSPS) is 14.4. The molecule has 1 fully saturated rings. The highest BCUT2D eigenvalue weighted by Gasteiger charge is 2.22. The van der Waals surface area contributed by atoms with Crippen molar-refractivity contribution in [3.8, 4) is 5.75 Å². The largest absolute Gasteiger partial charge is 0.487 e. The lowest BCUT2D eigenvalue weighted by atomic mass is 10.1. The highest BCUT2D eigenvalue weighted by molar-refractivity contribution is 5.48. The van der Waals surface area contributed by atoms with Gasteiger partial charge in [0.2, 0.25) is 0 Å². The van der Waals surface area contributed by atoms with Crippen LogP contribution in [-0.2, 0) is 6.54 Å². The van der Waals surface area contributed by atoms with Gasteiger partial charge in [0.15, 0.2) is 5.75 Å². The summed E-state index contributed by atoms with van der Waals surface area (Å²) >= 11 is 0. The molecule has 1 N–H and O–H groups in total. The molecule has 0 saturated heterocycles. The zero-order valence-corrected chi connectivity index (χ0v) is 12.8. The second-order valence-corrected chi connectivity index (χ2v) is 6.16. The molecule has 0 radical (unpaired) electrons. The number of nitro benzene ring substituents is 1. The SMILES string of the molecule is CC(C)CNCc1ccc(OCCC2CC2)c([N+](=O)[O-])c1. The fraction of sp³-hybridized carbons (Fsp3) is 0.625. The van der Waals surface area contributed by atoms with Crippen LogP contribution in [0.25, 0.3) is 0 Å². The van der Waals surface area contributed by atoms with Gasteiger partial charge in [0.1, 0.15) is 0 Å². The molecule has 21 heavy (non-hydrogen) atoms. The molecule has 0 spiro atoms. The Labute approximate surface area is 125 Å². The van der Waals surface area contributed by atoms with Crippen molar-refractivity contribution in [3.63, 3.8) is 0 Å². The van der Waals surface area contributed by atoms with Crippen molar-refractivity contribution in [2.45, 2.75) is 39.7 Å². The van der Waals surface area contributed by atoms with Crippen LogP contribution in [0.5, 0.6) is 5.75 Å². The van der Waals surface area contributed by atoms with Crippen molar-refractivity contribution in [2.24, 2.45) is 11.8 Å². The van der Waals surface area contributed by atoms with E-state index in [1.807, 2.05) is 6.07 Å². The van der Waals surface area contributed by atoms with Crippen molar-refractivity contribution >= 4 is 5.69 Å². The van der Waals surface area contributed by atoms with E-state index in [-0.39, 0.29) is 10.6 Å². The van der Waals surface area contributed by atoms with Gasteiger partial charge >= 0.3 is 5.69 Å². The van der Waals surface area contributed by atoms with E-state index in [1.165, 1.54) is 12.8 Å². The molecule has 0 amide bonds. The van der Waals surface area contributed by atoms with Crippen molar-refractivity contribution in [1.82, 2.24) is 5.32 Å². The molecule has 0 heterocycles. The minimum Gasteiger partial charge on any atom is -0.487 e. The molecular formula is C16H24N2O3. The van der Waals surface area contributed by atoms with Crippen LogP contribution in [0.2, 0.25) is 0 Å². The molecule has 0 unspecified atom stereocenters. The molecule has 0 aromatic heterocycles. The van der Waals surface area contributed by atoms with Gasteiger partial charge in [-0.25, -0.2) is 0 Å². The summed E-state index contributed by atoms with van der Waals surface area (Å²) in [5, 5.41) is 14.5. The molecule has 1 aromatic rings. The zero-order valence-electron chi connectivity index (χ0n) is 12.8. The number of hydrogen-bond acceptors (Lipinski definition) is 4. The van der Waals surface area contributed by atoms with E-state index >= 15 is 0 Å². The van der Waals surface area contributed by atoms with Gasteiger partial charge in [-0.1, -0.05) is 32.8 Å². The Morgan fingerprint density at radius 3 is 2.81 bits per heavy atom. The first-order chi connectivity index (χ1) is 10.1. The maximum absolute atomic E-state index is 11.2. The molecule has 2 rings (SSSR count).